The van der Waals surface area contributed by atoms with Crippen LogP contribution in [0.25, 0.3) is 11.1 Å². The van der Waals surface area contributed by atoms with Crippen LogP contribution >= 0.6 is 24.8 Å². The average Bonchev–Trinajstić information content (AvgIpc) is 2.86. The predicted molar refractivity (Wildman–Crippen MR) is 151 cm³/mol. The van der Waals surface area contributed by atoms with Crippen LogP contribution in [0, 0.1) is 0 Å². The highest BCUT2D eigenvalue weighted by molar-refractivity contribution is 5.91. The number of unbranched alkanes of at least 4 members (excludes halogenated alkanes) is 2. The number of halogens is 2. The summed E-state index contributed by atoms with van der Waals surface area (Å²) in [5.41, 5.74) is 8.26. The van der Waals surface area contributed by atoms with Gasteiger partial charge in [-0.25, -0.2) is 4.79 Å². The Balaban J connectivity index is 0.00000324. The van der Waals surface area contributed by atoms with Crippen molar-refractivity contribution in [3.05, 3.63) is 54.6 Å². The second-order valence-corrected chi connectivity index (χ2v) is 8.90. The number of piperidine rings is 1. The van der Waals surface area contributed by atoms with E-state index >= 15 is 0 Å². The van der Waals surface area contributed by atoms with Crippen LogP contribution in [-0.4, -0.2) is 67.7 Å². The molecular formula is C27H40Cl2N4O3. The summed E-state index contributed by atoms with van der Waals surface area (Å²) in [5, 5.41) is 2.92. The zero-order valence-corrected chi connectivity index (χ0v) is 22.7. The molecule has 200 valence electrons. The Morgan fingerprint density at radius 3 is 2.36 bits per heavy atom. The number of likely N-dealkylation sites (tertiary alicyclic amines) is 1. The molecule has 2 amide bonds. The number of nitrogens with one attached hydrogen (secondary N) is 1. The number of anilines is 1. The van der Waals surface area contributed by atoms with Crippen LogP contribution in [0.4, 0.5) is 10.5 Å². The molecule has 1 fully saturated rings. The number of nitrogens with zero attached hydrogens (tertiary/aromatic N) is 2. The zero-order chi connectivity index (χ0) is 24.2. The lowest BCUT2D eigenvalue weighted by atomic mass is 10.0. The van der Waals surface area contributed by atoms with Crippen molar-refractivity contribution in [2.75, 3.05) is 45.1 Å². The molecule has 0 bridgehead atoms. The summed E-state index contributed by atoms with van der Waals surface area (Å²) in [5.74, 6) is 0.197. The van der Waals surface area contributed by atoms with Crippen LogP contribution in [0.2, 0.25) is 0 Å². The first-order valence-corrected chi connectivity index (χ1v) is 12.4. The van der Waals surface area contributed by atoms with Gasteiger partial charge in [0.05, 0.1) is 5.69 Å². The van der Waals surface area contributed by atoms with Gasteiger partial charge in [-0.05, 0) is 43.9 Å². The first-order valence-electron chi connectivity index (χ1n) is 12.4. The number of ether oxygens (including phenoxy) is 1. The van der Waals surface area contributed by atoms with Gasteiger partial charge in [0.15, 0.2) is 0 Å². The quantitative estimate of drug-likeness (QED) is 0.384. The number of amides is 2. The van der Waals surface area contributed by atoms with Gasteiger partial charge in [-0.15, -0.1) is 24.8 Å². The highest BCUT2D eigenvalue weighted by atomic mass is 35.5. The maximum atomic E-state index is 12.6. The highest BCUT2D eigenvalue weighted by Gasteiger charge is 2.23. The summed E-state index contributed by atoms with van der Waals surface area (Å²) >= 11 is 0. The smallest absolute Gasteiger partial charge is 0.411 e. The van der Waals surface area contributed by atoms with E-state index in [0.29, 0.717) is 13.0 Å². The van der Waals surface area contributed by atoms with Crippen molar-refractivity contribution in [1.29, 1.82) is 0 Å². The minimum atomic E-state index is -0.415. The number of para-hydroxylation sites is 1. The summed E-state index contributed by atoms with van der Waals surface area (Å²) in [7, 11) is 1.87. The van der Waals surface area contributed by atoms with E-state index < -0.39 is 6.09 Å². The summed E-state index contributed by atoms with van der Waals surface area (Å²) in [6, 6.07) is 17.7. The lowest BCUT2D eigenvalue weighted by molar-refractivity contribution is -0.130. The minimum absolute atomic E-state index is 0. The number of benzene rings is 2. The maximum Gasteiger partial charge on any atom is 0.411 e. The SMILES string of the molecule is CN(CCN1CCC(OC(=O)Nc2ccccc2-c2ccccc2)CC1)C(=O)CCCCCN.Cl.Cl. The van der Waals surface area contributed by atoms with Crippen LogP contribution in [0.15, 0.2) is 54.6 Å². The van der Waals surface area contributed by atoms with Crippen LogP contribution in [0.1, 0.15) is 38.5 Å². The van der Waals surface area contributed by atoms with E-state index in [0.717, 1.165) is 75.1 Å². The lowest BCUT2D eigenvalue weighted by Gasteiger charge is -2.32. The molecule has 2 aromatic carbocycles. The highest BCUT2D eigenvalue weighted by Crippen LogP contribution is 2.28. The van der Waals surface area contributed by atoms with Crippen molar-refractivity contribution in [1.82, 2.24) is 9.80 Å². The first kappa shape index (κ1) is 31.7. The normalized spacial score (nSPS) is 13.7. The number of rotatable bonds is 11. The van der Waals surface area contributed by atoms with Gasteiger partial charge in [0, 0.05) is 45.2 Å². The first-order chi connectivity index (χ1) is 16.6. The zero-order valence-electron chi connectivity index (χ0n) is 21.1. The largest absolute Gasteiger partial charge is 0.446 e. The third-order valence-corrected chi connectivity index (χ3v) is 6.33. The minimum Gasteiger partial charge on any atom is -0.446 e. The number of nitrogens with two attached hydrogens (primary N) is 1. The van der Waals surface area contributed by atoms with Crippen molar-refractivity contribution in [2.45, 2.75) is 44.6 Å². The standard InChI is InChI=1S/C27H38N4O3.2ClH/c1-30(26(32)14-6-3-9-17-28)20-21-31-18-15-23(16-19-31)34-27(33)29-25-13-8-7-12-24(25)22-10-4-2-5-11-22;;/h2,4-5,7-8,10-13,23H,3,6,9,14-21,28H2,1H3,(H,29,33);2*1H. The molecular weight excluding hydrogens is 499 g/mol. The van der Waals surface area contributed by atoms with Crippen molar-refractivity contribution < 1.29 is 14.3 Å². The van der Waals surface area contributed by atoms with Crippen LogP contribution in [0.5, 0.6) is 0 Å². The Bertz CT molecular complexity index is 909. The maximum absolute atomic E-state index is 12.6. The monoisotopic (exact) mass is 538 g/mol. The molecule has 0 aromatic heterocycles. The predicted octanol–water partition coefficient (Wildman–Crippen LogP) is 5.19. The number of likely N-dealkylation sites (N-methyl/N-ethyl adjacent to an activating group) is 1. The van der Waals surface area contributed by atoms with Gasteiger partial charge in [0.1, 0.15) is 6.10 Å². The van der Waals surface area contributed by atoms with E-state index in [9.17, 15) is 9.59 Å². The molecule has 1 heterocycles. The van der Waals surface area contributed by atoms with E-state index in [1.165, 1.54) is 0 Å². The van der Waals surface area contributed by atoms with Gasteiger partial charge in [0.2, 0.25) is 5.91 Å². The van der Waals surface area contributed by atoms with Gasteiger partial charge in [-0.1, -0.05) is 55.0 Å². The molecule has 3 N–H and O–H groups in total. The topological polar surface area (TPSA) is 87.9 Å². The Morgan fingerprint density at radius 2 is 1.67 bits per heavy atom. The molecule has 0 aliphatic carbocycles. The molecule has 0 atom stereocenters. The molecule has 0 radical (unpaired) electrons. The van der Waals surface area contributed by atoms with Crippen LogP contribution in [0.3, 0.4) is 0 Å². The Morgan fingerprint density at radius 1 is 1.00 bits per heavy atom. The van der Waals surface area contributed by atoms with Gasteiger partial charge >= 0.3 is 6.09 Å². The lowest BCUT2D eigenvalue weighted by Crippen LogP contribution is -2.42. The third-order valence-electron chi connectivity index (χ3n) is 6.33. The molecule has 1 aliphatic heterocycles. The molecule has 36 heavy (non-hydrogen) atoms. The van der Waals surface area contributed by atoms with Gasteiger partial charge in [-0.2, -0.15) is 0 Å². The second-order valence-electron chi connectivity index (χ2n) is 8.90. The van der Waals surface area contributed by atoms with E-state index in [-0.39, 0.29) is 36.8 Å². The summed E-state index contributed by atoms with van der Waals surface area (Å²) < 4.78 is 5.71. The summed E-state index contributed by atoms with van der Waals surface area (Å²) in [6.07, 6.45) is 4.56. The molecule has 0 unspecified atom stereocenters. The number of hydrogen-bond acceptors (Lipinski definition) is 5. The molecule has 2 aromatic rings. The fourth-order valence-electron chi connectivity index (χ4n) is 4.21. The number of carbonyl (C=O) groups excluding carboxylic acids is 2. The van der Waals surface area contributed by atoms with E-state index in [1.807, 2.05) is 66.5 Å². The Labute approximate surface area is 227 Å². The molecule has 0 saturated carbocycles. The molecule has 1 aliphatic rings. The fraction of sp³-hybridized carbons (Fsp3) is 0.481. The van der Waals surface area contributed by atoms with Gasteiger partial charge < -0.3 is 20.3 Å². The summed E-state index contributed by atoms with van der Waals surface area (Å²) in [6.45, 7) is 3.97. The molecule has 0 spiro atoms. The fourth-order valence-corrected chi connectivity index (χ4v) is 4.21. The van der Waals surface area contributed by atoms with E-state index in [4.69, 9.17) is 10.5 Å². The third kappa shape index (κ3) is 10.3. The van der Waals surface area contributed by atoms with Crippen LogP contribution in [-0.2, 0) is 9.53 Å². The molecule has 7 nitrogen and oxygen atoms in total. The average molecular weight is 540 g/mol. The van der Waals surface area contributed by atoms with Crippen molar-refractivity contribution in [3.8, 4) is 11.1 Å². The molecule has 1 saturated heterocycles. The summed E-state index contributed by atoms with van der Waals surface area (Å²) in [4.78, 5) is 28.9. The van der Waals surface area contributed by atoms with Crippen molar-refractivity contribution in [2.24, 2.45) is 5.73 Å². The van der Waals surface area contributed by atoms with Gasteiger partial charge in [0.25, 0.3) is 0 Å². The van der Waals surface area contributed by atoms with Crippen LogP contribution < -0.4 is 11.1 Å². The number of carbonyl (C=O) groups is 2. The van der Waals surface area contributed by atoms with Crippen molar-refractivity contribution >= 4 is 42.5 Å². The second kappa shape index (κ2) is 17.2. The Kier molecular flexibility index (Phi) is 15.1. The number of hydrogen-bond donors (Lipinski definition) is 2. The molecule has 3 rings (SSSR count). The molecule has 9 heteroatoms. The van der Waals surface area contributed by atoms with E-state index in [2.05, 4.69) is 10.2 Å². The van der Waals surface area contributed by atoms with Crippen molar-refractivity contribution in [3.63, 3.8) is 0 Å². The van der Waals surface area contributed by atoms with Gasteiger partial charge in [-0.3, -0.25) is 10.1 Å². The van der Waals surface area contributed by atoms with E-state index in [1.54, 1.807) is 0 Å². The Hall–Kier alpha value is -2.32.